The molecule has 13 heavy (non-hydrogen) atoms. The minimum absolute atomic E-state index is 0.178. The smallest absolute Gasteiger partial charge is 0.122 e. The summed E-state index contributed by atoms with van der Waals surface area (Å²) in [5, 5.41) is 11.7. The van der Waals surface area contributed by atoms with Crippen molar-refractivity contribution in [3.63, 3.8) is 0 Å². The largest absolute Gasteiger partial charge is 0.389 e. The van der Waals surface area contributed by atoms with Crippen molar-refractivity contribution in [2.75, 3.05) is 0 Å². The van der Waals surface area contributed by atoms with Crippen LogP contribution in [0.1, 0.15) is 18.2 Å². The van der Waals surface area contributed by atoms with Crippen molar-refractivity contribution < 1.29 is 9.90 Å². The Hall–Kier alpha value is -0.190. The lowest BCUT2D eigenvalue weighted by atomic mass is 9.98. The van der Waals surface area contributed by atoms with Crippen molar-refractivity contribution in [2.45, 2.75) is 25.4 Å². The second-order valence-electron chi connectivity index (χ2n) is 3.24. The van der Waals surface area contributed by atoms with Gasteiger partial charge < -0.3 is 9.90 Å². The second kappa shape index (κ2) is 4.35. The zero-order chi connectivity index (χ0) is 9.90. The molecule has 0 spiro atoms. The van der Waals surface area contributed by atoms with Gasteiger partial charge in [0.05, 0.1) is 5.60 Å². The fraction of sp³-hybridized carbons (Fsp3) is 0.444. The van der Waals surface area contributed by atoms with Gasteiger partial charge in [0.15, 0.2) is 0 Å². The first kappa shape index (κ1) is 10.9. The molecule has 1 heterocycles. The Labute approximate surface area is 89.7 Å². The lowest BCUT2D eigenvalue weighted by Gasteiger charge is -2.19. The summed E-state index contributed by atoms with van der Waals surface area (Å²) in [5.41, 5.74) is -0.922. The summed E-state index contributed by atoms with van der Waals surface area (Å²) >= 11 is 4.96. The minimum Gasteiger partial charge on any atom is -0.389 e. The highest BCUT2D eigenvalue weighted by Gasteiger charge is 2.21. The second-order valence-corrected chi connectivity index (χ2v) is 5.09. The molecule has 1 N–H and O–H groups in total. The summed E-state index contributed by atoms with van der Waals surface area (Å²) in [6.45, 7) is 1.67. The molecule has 0 amide bonds. The lowest BCUT2D eigenvalue weighted by Crippen LogP contribution is -2.27. The van der Waals surface area contributed by atoms with Gasteiger partial charge in [-0.2, -0.15) is 0 Å². The van der Waals surface area contributed by atoms with Gasteiger partial charge in [-0.1, -0.05) is 0 Å². The zero-order valence-electron chi connectivity index (χ0n) is 7.29. The van der Waals surface area contributed by atoms with Crippen LogP contribution in [-0.2, 0) is 11.2 Å². The predicted molar refractivity (Wildman–Crippen MR) is 57.0 cm³/mol. The molecule has 4 heteroatoms. The molecule has 1 unspecified atom stereocenters. The van der Waals surface area contributed by atoms with Gasteiger partial charge in [-0.25, -0.2) is 0 Å². The Balaban J connectivity index is 2.68. The molecule has 0 bridgehead atoms. The van der Waals surface area contributed by atoms with Gasteiger partial charge >= 0.3 is 0 Å². The molecule has 0 saturated carbocycles. The number of aliphatic hydroxyl groups is 1. The maximum Gasteiger partial charge on any atom is 0.122 e. The third-order valence-corrected chi connectivity index (χ3v) is 3.68. The van der Waals surface area contributed by atoms with Crippen LogP contribution in [0, 0.1) is 0 Å². The number of carbonyl (C=O) groups excluding carboxylic acids is 1. The van der Waals surface area contributed by atoms with Gasteiger partial charge in [0.1, 0.15) is 6.29 Å². The van der Waals surface area contributed by atoms with E-state index in [-0.39, 0.29) is 6.42 Å². The van der Waals surface area contributed by atoms with Crippen molar-refractivity contribution in [1.82, 2.24) is 0 Å². The van der Waals surface area contributed by atoms with Crippen LogP contribution in [0.25, 0.3) is 0 Å². The van der Waals surface area contributed by atoms with E-state index in [1.165, 1.54) is 0 Å². The molecule has 0 aliphatic rings. The van der Waals surface area contributed by atoms with Gasteiger partial charge in [-0.05, 0) is 34.3 Å². The molecule has 72 valence electrons. The molecule has 1 aromatic heterocycles. The Bertz CT molecular complexity index is 294. The van der Waals surface area contributed by atoms with E-state index in [2.05, 4.69) is 15.9 Å². The number of thiophene rings is 1. The summed E-state index contributed by atoms with van der Waals surface area (Å²) in [4.78, 5) is 11.3. The van der Waals surface area contributed by atoms with Crippen molar-refractivity contribution in [1.29, 1.82) is 0 Å². The number of halogens is 1. The first-order chi connectivity index (χ1) is 6.05. The Morgan fingerprint density at radius 3 is 2.92 bits per heavy atom. The standard InChI is InChI=1S/C9H11BrO2S/c1-9(12,3-4-11)6-8-7(10)2-5-13-8/h2,4-5,12H,3,6H2,1H3. The third-order valence-electron chi connectivity index (χ3n) is 1.76. The van der Waals surface area contributed by atoms with Gasteiger partial charge in [0.25, 0.3) is 0 Å². The molecule has 1 atom stereocenters. The molecule has 0 saturated heterocycles. The van der Waals surface area contributed by atoms with Crippen molar-refractivity contribution in [3.8, 4) is 0 Å². The first-order valence-corrected chi connectivity index (χ1v) is 5.60. The molecular weight excluding hydrogens is 252 g/mol. The monoisotopic (exact) mass is 262 g/mol. The van der Waals surface area contributed by atoms with Crippen LogP contribution in [0.2, 0.25) is 0 Å². The van der Waals surface area contributed by atoms with E-state index in [4.69, 9.17) is 0 Å². The normalized spacial score (nSPS) is 15.3. The minimum atomic E-state index is -0.922. The molecule has 0 fully saturated rings. The highest BCUT2D eigenvalue weighted by Crippen LogP contribution is 2.27. The summed E-state index contributed by atoms with van der Waals surface area (Å²) in [6, 6.07) is 1.94. The van der Waals surface area contributed by atoms with Gasteiger partial charge in [-0.3, -0.25) is 0 Å². The number of carbonyl (C=O) groups is 1. The van der Waals surface area contributed by atoms with E-state index in [9.17, 15) is 9.90 Å². The molecule has 2 nitrogen and oxygen atoms in total. The number of rotatable bonds is 4. The summed E-state index contributed by atoms with van der Waals surface area (Å²) < 4.78 is 1.00. The molecule has 1 aromatic rings. The summed E-state index contributed by atoms with van der Waals surface area (Å²) in [6.07, 6.45) is 1.45. The summed E-state index contributed by atoms with van der Waals surface area (Å²) in [7, 11) is 0. The van der Waals surface area contributed by atoms with Gasteiger partial charge in [0, 0.05) is 22.2 Å². The quantitative estimate of drug-likeness (QED) is 0.847. The maximum atomic E-state index is 10.3. The van der Waals surface area contributed by atoms with E-state index in [1.54, 1.807) is 18.3 Å². The van der Waals surface area contributed by atoms with E-state index in [0.29, 0.717) is 6.42 Å². The number of hydrogen-bond donors (Lipinski definition) is 1. The molecule has 0 radical (unpaired) electrons. The van der Waals surface area contributed by atoms with Crippen LogP contribution in [0.5, 0.6) is 0 Å². The number of aldehydes is 1. The molecule has 0 aromatic carbocycles. The SMILES string of the molecule is CC(O)(CC=O)Cc1sccc1Br. The van der Waals surface area contributed by atoms with Crippen molar-refractivity contribution in [3.05, 3.63) is 20.8 Å². The topological polar surface area (TPSA) is 37.3 Å². The molecule has 0 aliphatic heterocycles. The fourth-order valence-electron chi connectivity index (χ4n) is 1.05. The molecule has 0 aliphatic carbocycles. The first-order valence-electron chi connectivity index (χ1n) is 3.93. The predicted octanol–water partition coefficient (Wildman–Crippen LogP) is 2.39. The average molecular weight is 263 g/mol. The maximum absolute atomic E-state index is 10.3. The molecule has 1 rings (SSSR count). The van der Waals surface area contributed by atoms with Gasteiger partial charge in [-0.15, -0.1) is 11.3 Å². The van der Waals surface area contributed by atoms with E-state index < -0.39 is 5.60 Å². The summed E-state index contributed by atoms with van der Waals surface area (Å²) in [5.74, 6) is 0. The van der Waals surface area contributed by atoms with Crippen LogP contribution < -0.4 is 0 Å². The fourth-order valence-corrected chi connectivity index (χ4v) is 2.72. The van der Waals surface area contributed by atoms with Crippen LogP contribution >= 0.6 is 27.3 Å². The van der Waals surface area contributed by atoms with Crippen LogP contribution in [0.4, 0.5) is 0 Å². The van der Waals surface area contributed by atoms with Crippen LogP contribution in [0.15, 0.2) is 15.9 Å². The van der Waals surface area contributed by atoms with Crippen LogP contribution in [-0.4, -0.2) is 17.0 Å². The zero-order valence-corrected chi connectivity index (χ0v) is 9.69. The Morgan fingerprint density at radius 2 is 2.46 bits per heavy atom. The average Bonchev–Trinajstić information content (AvgIpc) is 2.35. The van der Waals surface area contributed by atoms with Gasteiger partial charge in [0.2, 0.25) is 0 Å². The third kappa shape index (κ3) is 3.21. The Morgan fingerprint density at radius 1 is 1.77 bits per heavy atom. The molecular formula is C9H11BrO2S. The number of hydrogen-bond acceptors (Lipinski definition) is 3. The van der Waals surface area contributed by atoms with Crippen LogP contribution in [0.3, 0.4) is 0 Å². The highest BCUT2D eigenvalue weighted by atomic mass is 79.9. The Kier molecular flexibility index (Phi) is 3.64. The van der Waals surface area contributed by atoms with Crippen molar-refractivity contribution in [2.24, 2.45) is 0 Å². The van der Waals surface area contributed by atoms with E-state index in [0.717, 1.165) is 15.6 Å². The highest BCUT2D eigenvalue weighted by molar-refractivity contribution is 9.10. The van der Waals surface area contributed by atoms with E-state index >= 15 is 0 Å². The van der Waals surface area contributed by atoms with Crippen molar-refractivity contribution >= 4 is 33.6 Å². The lowest BCUT2D eigenvalue weighted by molar-refractivity contribution is -0.111. The van der Waals surface area contributed by atoms with E-state index in [1.807, 2.05) is 11.4 Å².